The Hall–Kier alpha value is -2.24. The summed E-state index contributed by atoms with van der Waals surface area (Å²) in [7, 11) is 0. The zero-order valence-electron chi connectivity index (χ0n) is 27.9. The van der Waals surface area contributed by atoms with E-state index in [-0.39, 0.29) is 0 Å². The van der Waals surface area contributed by atoms with E-state index in [9.17, 15) is 0 Å². The Morgan fingerprint density at radius 2 is 0.364 bits per heavy atom. The molecule has 5 rings (SSSR count). The van der Waals surface area contributed by atoms with Crippen molar-refractivity contribution in [3.63, 3.8) is 0 Å². The summed E-state index contributed by atoms with van der Waals surface area (Å²) in [6.07, 6.45) is 28.0. The fraction of sp³-hybridized carbons (Fsp3) is 0.400. The first-order valence-corrected chi connectivity index (χ1v) is 20.0. The number of thiophene rings is 4. The first-order chi connectivity index (χ1) is 21.5. The molecule has 232 valence electrons. The molecule has 0 unspecified atom stereocenters. The maximum atomic E-state index is 2.42. The van der Waals surface area contributed by atoms with Crippen molar-refractivity contribution >= 4 is 94.0 Å². The van der Waals surface area contributed by atoms with Gasteiger partial charge in [-0.25, -0.2) is 0 Å². The average Bonchev–Trinajstić information content (AvgIpc) is 3.77. The standard InChI is InChI=1S/C40H48S4/c1-9-25-26(10-2)34-19-20-36-29(13-5)30(14-6)38(43-36)23-24-40-32(16-8)31(15-7)39(44-40)22-21-37-28(12-4)27(11-3)35(42-37)18-17-33(25)41-34/h17-24H,9-16H2,1-8H3/b18-17-,20-19-,22-21-,24-23?,33-17?,34-19?,35-18?,36-20?,37-21?,38-23?,39-22?,40-24?. The van der Waals surface area contributed by atoms with Crippen LogP contribution in [-0.2, 0) is 51.4 Å². The van der Waals surface area contributed by atoms with Crippen molar-refractivity contribution in [3.05, 3.63) is 83.5 Å². The molecule has 0 aromatic carbocycles. The Kier molecular flexibility index (Phi) is 11.2. The third-order valence-electron chi connectivity index (χ3n) is 9.09. The van der Waals surface area contributed by atoms with E-state index in [1.807, 2.05) is 45.3 Å². The van der Waals surface area contributed by atoms with Crippen LogP contribution in [0.15, 0.2) is 0 Å². The molecule has 0 nitrogen and oxygen atoms in total. The lowest BCUT2D eigenvalue weighted by Crippen LogP contribution is -1.90. The highest BCUT2D eigenvalue weighted by molar-refractivity contribution is 7.16. The zero-order chi connectivity index (χ0) is 31.4. The largest absolute Gasteiger partial charge is 0.136 e. The predicted octanol–water partition coefficient (Wildman–Crippen LogP) is 13.4. The second kappa shape index (κ2) is 14.9. The zero-order valence-corrected chi connectivity index (χ0v) is 31.2. The molecule has 4 heteroatoms. The van der Waals surface area contributed by atoms with Crippen LogP contribution >= 0.6 is 45.3 Å². The quantitative estimate of drug-likeness (QED) is 0.156. The van der Waals surface area contributed by atoms with E-state index in [1.54, 1.807) is 0 Å². The highest BCUT2D eigenvalue weighted by atomic mass is 32.1. The lowest BCUT2D eigenvalue weighted by Gasteiger charge is -2.03. The van der Waals surface area contributed by atoms with Gasteiger partial charge in [-0.2, -0.15) is 0 Å². The SMILES string of the molecule is CCc1c2sc(c1CC)/C=C\c1sc(c(CC)c1CC)/C=C\c1sc(c(CC)c1CC)/C=C\c1sc(c(CC)c1CC)C=C2. The molecule has 1 aliphatic rings. The van der Waals surface area contributed by atoms with E-state index < -0.39 is 0 Å². The predicted molar refractivity (Wildman–Crippen MR) is 208 cm³/mol. The molecule has 4 aromatic heterocycles. The van der Waals surface area contributed by atoms with Gasteiger partial charge in [0.2, 0.25) is 0 Å². The highest BCUT2D eigenvalue weighted by Crippen LogP contribution is 2.40. The van der Waals surface area contributed by atoms with Crippen molar-refractivity contribution in [2.75, 3.05) is 0 Å². The summed E-state index contributed by atoms with van der Waals surface area (Å²) >= 11 is 7.90. The van der Waals surface area contributed by atoms with Crippen molar-refractivity contribution < 1.29 is 0 Å². The lowest BCUT2D eigenvalue weighted by molar-refractivity contribution is 1.05. The van der Waals surface area contributed by atoms with Gasteiger partial charge in [0, 0.05) is 39.0 Å². The normalized spacial score (nSPS) is 15.1. The van der Waals surface area contributed by atoms with Crippen LogP contribution in [0, 0.1) is 0 Å². The molecule has 0 fully saturated rings. The monoisotopic (exact) mass is 656 g/mol. The summed E-state index contributed by atoms with van der Waals surface area (Å²) in [5.41, 5.74) is 12.2. The molecule has 0 radical (unpaired) electrons. The van der Waals surface area contributed by atoms with Gasteiger partial charge in [0.1, 0.15) is 0 Å². The number of rotatable bonds is 8. The van der Waals surface area contributed by atoms with E-state index in [1.165, 1.54) is 83.5 Å². The molecule has 44 heavy (non-hydrogen) atoms. The van der Waals surface area contributed by atoms with Crippen LogP contribution in [0.2, 0.25) is 0 Å². The van der Waals surface area contributed by atoms with Gasteiger partial charge in [-0.3, -0.25) is 0 Å². The summed E-state index contributed by atoms with van der Waals surface area (Å²) in [6, 6.07) is 0. The van der Waals surface area contributed by atoms with E-state index in [0.717, 1.165) is 51.4 Å². The van der Waals surface area contributed by atoms with Gasteiger partial charge in [-0.1, -0.05) is 55.4 Å². The van der Waals surface area contributed by atoms with Gasteiger partial charge in [0.05, 0.1) is 0 Å². The Morgan fingerprint density at radius 1 is 0.250 bits per heavy atom. The molecular formula is C40H48S4. The molecule has 4 aromatic rings. The molecule has 0 saturated heterocycles. The van der Waals surface area contributed by atoms with Crippen LogP contribution in [-0.4, -0.2) is 0 Å². The van der Waals surface area contributed by atoms with Crippen molar-refractivity contribution in [3.8, 4) is 0 Å². The van der Waals surface area contributed by atoms with E-state index in [4.69, 9.17) is 0 Å². The van der Waals surface area contributed by atoms with Crippen LogP contribution in [0.25, 0.3) is 48.6 Å². The summed E-state index contributed by atoms with van der Waals surface area (Å²) in [4.78, 5) is 11.4. The number of hydrogen-bond acceptors (Lipinski definition) is 4. The van der Waals surface area contributed by atoms with Crippen LogP contribution in [0.1, 0.15) is 139 Å². The van der Waals surface area contributed by atoms with Gasteiger partial charge in [-0.15, -0.1) is 45.3 Å². The van der Waals surface area contributed by atoms with Crippen molar-refractivity contribution in [2.24, 2.45) is 0 Å². The Bertz CT molecular complexity index is 1360. The van der Waals surface area contributed by atoms with Crippen molar-refractivity contribution in [1.82, 2.24) is 0 Å². The van der Waals surface area contributed by atoms with Crippen molar-refractivity contribution in [2.45, 2.75) is 107 Å². The van der Waals surface area contributed by atoms with Gasteiger partial charge in [0.15, 0.2) is 0 Å². The third kappa shape index (κ3) is 6.25. The van der Waals surface area contributed by atoms with E-state index >= 15 is 0 Å². The summed E-state index contributed by atoms with van der Waals surface area (Å²) in [5.74, 6) is 0. The Labute approximate surface area is 282 Å². The fourth-order valence-corrected chi connectivity index (χ4v) is 12.1. The van der Waals surface area contributed by atoms with Gasteiger partial charge < -0.3 is 0 Å². The number of hydrogen-bond donors (Lipinski definition) is 0. The molecular weight excluding hydrogens is 609 g/mol. The molecule has 0 atom stereocenters. The molecule has 5 heterocycles. The maximum absolute atomic E-state index is 2.42. The lowest BCUT2D eigenvalue weighted by atomic mass is 10.0. The Morgan fingerprint density at radius 3 is 0.455 bits per heavy atom. The summed E-state index contributed by atoms with van der Waals surface area (Å²) < 4.78 is 0. The highest BCUT2D eigenvalue weighted by Gasteiger charge is 2.18. The van der Waals surface area contributed by atoms with Crippen molar-refractivity contribution in [1.29, 1.82) is 0 Å². The molecule has 0 saturated carbocycles. The third-order valence-corrected chi connectivity index (χ3v) is 13.9. The van der Waals surface area contributed by atoms with Crippen LogP contribution in [0.4, 0.5) is 0 Å². The van der Waals surface area contributed by atoms with Gasteiger partial charge in [-0.05, 0) is 144 Å². The maximum Gasteiger partial charge on any atom is 0.0311 e. The minimum absolute atomic E-state index is 1.07. The van der Waals surface area contributed by atoms with Crippen LogP contribution < -0.4 is 0 Å². The first kappa shape index (κ1) is 33.1. The number of fused-ring (bicyclic) bond motifs is 8. The van der Waals surface area contributed by atoms with Gasteiger partial charge in [0.25, 0.3) is 0 Å². The van der Waals surface area contributed by atoms with Crippen LogP contribution in [0.5, 0.6) is 0 Å². The van der Waals surface area contributed by atoms with E-state index in [0.29, 0.717) is 0 Å². The van der Waals surface area contributed by atoms with Crippen LogP contribution in [0.3, 0.4) is 0 Å². The molecule has 8 bridgehead atoms. The molecule has 0 aliphatic carbocycles. The molecule has 0 amide bonds. The first-order valence-electron chi connectivity index (χ1n) is 16.8. The molecule has 0 N–H and O–H groups in total. The Balaban J connectivity index is 1.77. The smallest absolute Gasteiger partial charge is 0.0311 e. The van der Waals surface area contributed by atoms with E-state index in [2.05, 4.69) is 104 Å². The fourth-order valence-electron chi connectivity index (χ4n) is 6.94. The minimum atomic E-state index is 1.07. The molecule has 1 aliphatic heterocycles. The minimum Gasteiger partial charge on any atom is -0.136 e. The average molecular weight is 657 g/mol. The summed E-state index contributed by atoms with van der Waals surface area (Å²) in [6.45, 7) is 18.5. The second-order valence-electron chi connectivity index (χ2n) is 11.3. The topological polar surface area (TPSA) is 0 Å². The second-order valence-corrected chi connectivity index (χ2v) is 15.6. The van der Waals surface area contributed by atoms with Gasteiger partial charge >= 0.3 is 0 Å². The molecule has 0 spiro atoms. The summed E-state index contributed by atoms with van der Waals surface area (Å²) in [5, 5.41) is 0.